The van der Waals surface area contributed by atoms with Gasteiger partial charge in [-0.05, 0) is 38.5 Å². The first-order chi connectivity index (χ1) is 27.2. The molecule has 0 fully saturated rings. The van der Waals surface area contributed by atoms with E-state index in [1.54, 1.807) is 0 Å². The zero-order valence-corrected chi connectivity index (χ0v) is 36.8. The van der Waals surface area contributed by atoms with Crippen molar-refractivity contribution in [1.82, 2.24) is 0 Å². The van der Waals surface area contributed by atoms with E-state index in [1.807, 2.05) is 0 Å². The molecule has 0 saturated heterocycles. The molecule has 3 atom stereocenters. The molecule has 0 spiro atoms. The predicted octanol–water partition coefficient (Wildman–Crippen LogP) is 12.2. The van der Waals surface area contributed by atoms with Gasteiger partial charge < -0.3 is 24.6 Å². The summed E-state index contributed by atoms with van der Waals surface area (Å²) in [6.45, 7) is 2.37. The van der Waals surface area contributed by atoms with Crippen LogP contribution in [0.25, 0.3) is 0 Å². The van der Waals surface area contributed by atoms with Crippen molar-refractivity contribution in [1.29, 1.82) is 0 Å². The van der Waals surface area contributed by atoms with Gasteiger partial charge in [0.25, 0.3) is 0 Å². The van der Waals surface area contributed by atoms with Crippen LogP contribution in [0.2, 0.25) is 0 Å². The molecule has 0 radical (unpaired) electrons. The zero-order chi connectivity index (χ0) is 41.2. The van der Waals surface area contributed by atoms with Gasteiger partial charge >= 0.3 is 19.8 Å². The molecule has 11 heteroatoms. The van der Waals surface area contributed by atoms with Gasteiger partial charge in [0.2, 0.25) is 0 Å². The average Bonchev–Trinajstić information content (AvgIpc) is 3.19. The van der Waals surface area contributed by atoms with E-state index < -0.39 is 51.8 Å². The number of allylic oxidation sites excluding steroid dienone is 4. The minimum Gasteiger partial charge on any atom is -0.462 e. The van der Waals surface area contributed by atoms with Crippen molar-refractivity contribution >= 4 is 19.8 Å². The molecule has 0 rings (SSSR count). The third-order valence-corrected chi connectivity index (χ3v) is 10.8. The molecule has 0 heterocycles. The van der Waals surface area contributed by atoms with Gasteiger partial charge in [-0.25, -0.2) is 4.57 Å². The first-order valence-corrected chi connectivity index (χ1v) is 24.3. The van der Waals surface area contributed by atoms with E-state index >= 15 is 0 Å². The fourth-order valence-corrected chi connectivity index (χ4v) is 7.13. The number of phosphoric ester groups is 1. The molecule has 330 valence electrons. The molecule has 0 aromatic heterocycles. The van der Waals surface area contributed by atoms with Crippen molar-refractivity contribution in [3.8, 4) is 0 Å². The first kappa shape index (κ1) is 54.5. The van der Waals surface area contributed by atoms with Gasteiger partial charge in [-0.15, -0.1) is 0 Å². The molecule has 0 aliphatic rings. The average molecular weight is 817 g/mol. The highest BCUT2D eigenvalue weighted by molar-refractivity contribution is 7.47. The molecule has 1 unspecified atom stereocenters. The normalized spacial score (nSPS) is 14.0. The number of carbonyl (C=O) groups is 2. The van der Waals surface area contributed by atoms with Crippen molar-refractivity contribution in [3.05, 3.63) is 24.3 Å². The summed E-state index contributed by atoms with van der Waals surface area (Å²) < 4.78 is 32.7. The third-order valence-electron chi connectivity index (χ3n) is 9.89. The van der Waals surface area contributed by atoms with E-state index in [-0.39, 0.29) is 19.4 Å². The summed E-state index contributed by atoms with van der Waals surface area (Å²) in [5.41, 5.74) is 0. The van der Waals surface area contributed by atoms with E-state index in [4.69, 9.17) is 23.6 Å². The standard InChI is InChI=1S/C45H85O10P/c1-3-5-7-9-11-13-15-17-19-20-21-23-24-26-28-30-32-34-36-44(48)52-40-43(41-54-56(50,51)53-39-42(47)38-46)55-45(49)37-35-33-31-29-27-25-22-18-16-14-12-10-8-6-4-2/h14,16,18,22,42-43,46-47H,3-13,15,17,19-21,23-41H2,1-2H3,(H,50,51)/b16-14+,22-18+/t42-,43+/m0/s1. The quantitative estimate of drug-likeness (QED) is 0.0235. The maximum atomic E-state index is 12.6. The van der Waals surface area contributed by atoms with Gasteiger partial charge in [0.05, 0.1) is 19.8 Å². The summed E-state index contributed by atoms with van der Waals surface area (Å²) in [7, 11) is -4.62. The Bertz CT molecular complexity index is 988. The molecule has 0 aromatic rings. The van der Waals surface area contributed by atoms with Crippen LogP contribution in [0, 0.1) is 0 Å². The molecular formula is C45H85O10P. The molecule has 3 N–H and O–H groups in total. The summed E-state index contributed by atoms with van der Waals surface area (Å²) in [5, 5.41) is 18.3. The molecular weight excluding hydrogens is 731 g/mol. The molecule has 0 amide bonds. The lowest BCUT2D eigenvalue weighted by Gasteiger charge is -2.20. The highest BCUT2D eigenvalue weighted by Crippen LogP contribution is 2.43. The van der Waals surface area contributed by atoms with Crippen molar-refractivity contribution in [2.75, 3.05) is 26.4 Å². The highest BCUT2D eigenvalue weighted by atomic mass is 31.2. The molecule has 56 heavy (non-hydrogen) atoms. The number of carbonyl (C=O) groups excluding carboxylic acids is 2. The van der Waals surface area contributed by atoms with Gasteiger partial charge in [-0.1, -0.05) is 186 Å². The van der Waals surface area contributed by atoms with Crippen molar-refractivity contribution < 1.29 is 47.8 Å². The lowest BCUT2D eigenvalue weighted by molar-refractivity contribution is -0.161. The van der Waals surface area contributed by atoms with Crippen molar-refractivity contribution in [2.45, 2.75) is 225 Å². The number of ether oxygens (including phenoxy) is 2. The summed E-state index contributed by atoms with van der Waals surface area (Å²) in [5.74, 6) is -0.933. The van der Waals surface area contributed by atoms with Crippen LogP contribution in [0.1, 0.15) is 213 Å². The topological polar surface area (TPSA) is 149 Å². The van der Waals surface area contributed by atoms with E-state index in [0.29, 0.717) is 12.8 Å². The molecule has 0 bridgehead atoms. The number of hydrogen-bond acceptors (Lipinski definition) is 9. The lowest BCUT2D eigenvalue weighted by atomic mass is 10.0. The second-order valence-corrected chi connectivity index (χ2v) is 16.9. The Morgan fingerprint density at radius 1 is 0.536 bits per heavy atom. The Balaban J connectivity index is 4.25. The number of rotatable bonds is 43. The van der Waals surface area contributed by atoms with Gasteiger partial charge in [0.1, 0.15) is 12.7 Å². The number of hydrogen-bond donors (Lipinski definition) is 3. The van der Waals surface area contributed by atoms with Crippen molar-refractivity contribution in [3.63, 3.8) is 0 Å². The second kappa shape index (κ2) is 41.6. The molecule has 0 aromatic carbocycles. The Morgan fingerprint density at radius 2 is 0.911 bits per heavy atom. The van der Waals surface area contributed by atoms with Crippen molar-refractivity contribution in [2.24, 2.45) is 0 Å². The molecule has 10 nitrogen and oxygen atoms in total. The lowest BCUT2D eigenvalue weighted by Crippen LogP contribution is -2.29. The van der Waals surface area contributed by atoms with Crippen LogP contribution in [0.5, 0.6) is 0 Å². The number of phosphoric acid groups is 1. The number of esters is 2. The molecule has 0 aliphatic heterocycles. The van der Waals surface area contributed by atoms with Crippen LogP contribution in [0.4, 0.5) is 0 Å². The minimum atomic E-state index is -4.62. The van der Waals surface area contributed by atoms with Crippen LogP contribution in [-0.2, 0) is 32.7 Å². The molecule has 0 aliphatic carbocycles. The number of aliphatic hydroxyl groups is 2. The van der Waals surface area contributed by atoms with Gasteiger partial charge in [0, 0.05) is 12.8 Å². The zero-order valence-electron chi connectivity index (χ0n) is 35.9. The maximum absolute atomic E-state index is 12.6. The van der Waals surface area contributed by atoms with E-state index in [1.165, 1.54) is 116 Å². The SMILES string of the molecule is CCCCCC/C=C/C=C/CCCCCCCC(=O)O[C@H](COC(=O)CCCCCCCCCCCCCCCCCCCC)COP(=O)(O)OC[C@@H](O)CO. The smallest absolute Gasteiger partial charge is 0.462 e. The monoisotopic (exact) mass is 817 g/mol. The third kappa shape index (κ3) is 40.6. The second-order valence-electron chi connectivity index (χ2n) is 15.5. The van der Waals surface area contributed by atoms with E-state index in [0.717, 1.165) is 57.8 Å². The van der Waals surface area contributed by atoms with Crippen LogP contribution in [0.15, 0.2) is 24.3 Å². The Hall–Kier alpha value is -1.55. The van der Waals surface area contributed by atoms with Gasteiger partial charge in [-0.2, -0.15) is 0 Å². The number of aliphatic hydroxyl groups excluding tert-OH is 2. The van der Waals surface area contributed by atoms with E-state index in [9.17, 15) is 24.2 Å². The minimum absolute atomic E-state index is 0.169. The Morgan fingerprint density at radius 3 is 1.36 bits per heavy atom. The fraction of sp³-hybridized carbons (Fsp3) is 0.867. The van der Waals surface area contributed by atoms with Crippen LogP contribution >= 0.6 is 7.82 Å². The van der Waals surface area contributed by atoms with Crippen LogP contribution in [0.3, 0.4) is 0 Å². The number of unbranched alkanes of at least 4 members (excludes halogenated alkanes) is 26. The van der Waals surface area contributed by atoms with E-state index in [2.05, 4.69) is 38.2 Å². The summed E-state index contributed by atoms with van der Waals surface area (Å²) >= 11 is 0. The predicted molar refractivity (Wildman–Crippen MR) is 228 cm³/mol. The fourth-order valence-electron chi connectivity index (χ4n) is 6.34. The summed E-state index contributed by atoms with van der Waals surface area (Å²) in [6.07, 6.45) is 41.4. The Labute approximate surface area is 342 Å². The summed E-state index contributed by atoms with van der Waals surface area (Å²) in [6, 6.07) is 0. The van der Waals surface area contributed by atoms with Crippen LogP contribution < -0.4 is 0 Å². The largest absolute Gasteiger partial charge is 0.472 e. The van der Waals surface area contributed by atoms with Crippen LogP contribution in [-0.4, -0.2) is 65.7 Å². The summed E-state index contributed by atoms with van der Waals surface area (Å²) in [4.78, 5) is 35.0. The Kier molecular flexibility index (Phi) is 40.5. The maximum Gasteiger partial charge on any atom is 0.472 e. The first-order valence-electron chi connectivity index (χ1n) is 22.8. The van der Waals surface area contributed by atoms with Gasteiger partial charge in [-0.3, -0.25) is 18.6 Å². The molecule has 0 saturated carbocycles. The van der Waals surface area contributed by atoms with Gasteiger partial charge in [0.15, 0.2) is 6.10 Å². The highest BCUT2D eigenvalue weighted by Gasteiger charge is 2.27.